The summed E-state index contributed by atoms with van der Waals surface area (Å²) in [5.41, 5.74) is 4.64. The zero-order valence-electron chi connectivity index (χ0n) is 34.9. The normalized spacial score (nSPS) is 14.2. The maximum atomic E-state index is 13.0. The Labute approximate surface area is 365 Å². The maximum absolute atomic E-state index is 13.0. The molecule has 1 atom stereocenters. The number of nitrogens with one attached hydrogen (secondary N) is 2. The SMILES string of the molecule is CCCOCCOCCOCCNC(=O)Nc1ccc(CC(=O)CCCOCCOCCOCCCS(=O)(=O)c2ccc(C3CN(C)Cc4c(Cl)cc(Cl)cc43)cc2)cc1. The average molecular weight is 895 g/mol. The Balaban J connectivity index is 0.959. The topological polar surface area (TPSA) is 151 Å². The molecule has 332 valence electrons. The van der Waals surface area contributed by atoms with Gasteiger partial charge in [0.15, 0.2) is 9.84 Å². The van der Waals surface area contributed by atoms with Gasteiger partial charge in [0.25, 0.3) is 0 Å². The standard InChI is InChI=1S/C44H61Cl2N3O10S/c1-3-16-54-20-24-58-27-23-57-19-15-47-44(51)48-37-11-7-34(8-12-37)29-38(50)6-4-17-55-21-25-59-26-22-56-18-5-28-60(52,53)39-13-9-35(10-14-39)41-32-49(2)33-42-40(41)30-36(45)31-43(42)46/h7-14,30-31,41H,3-6,15-29,32-33H2,1-2H3,(H2,47,48,51). The Morgan fingerprint density at radius 2 is 1.33 bits per heavy atom. The van der Waals surface area contributed by atoms with Gasteiger partial charge in [0, 0.05) is 73.9 Å². The number of benzene rings is 3. The predicted octanol–water partition coefficient (Wildman–Crippen LogP) is 6.96. The van der Waals surface area contributed by atoms with E-state index in [-0.39, 0.29) is 28.4 Å². The number of hydrogen-bond donors (Lipinski definition) is 2. The van der Waals surface area contributed by atoms with Crippen LogP contribution in [0.1, 0.15) is 60.8 Å². The molecule has 0 aliphatic carbocycles. The van der Waals surface area contributed by atoms with E-state index in [4.69, 9.17) is 51.6 Å². The molecule has 1 unspecified atom stereocenters. The van der Waals surface area contributed by atoms with Crippen LogP contribution in [0.3, 0.4) is 0 Å². The Kier molecular flexibility index (Phi) is 22.9. The van der Waals surface area contributed by atoms with Crippen molar-refractivity contribution < 1.29 is 46.4 Å². The number of sulfone groups is 1. The third-order valence-electron chi connectivity index (χ3n) is 9.56. The summed E-state index contributed by atoms with van der Waals surface area (Å²) in [6.45, 7) is 9.35. The number of ether oxygens (including phenoxy) is 6. The van der Waals surface area contributed by atoms with Gasteiger partial charge in [0.05, 0.1) is 70.1 Å². The Hall–Kier alpha value is -3.15. The number of likely N-dealkylation sites (N-methyl/N-ethyl adjacent to an activating group) is 1. The molecule has 0 bridgehead atoms. The second-order valence-electron chi connectivity index (χ2n) is 14.5. The number of carbonyl (C=O) groups excluding carboxylic acids is 2. The van der Waals surface area contributed by atoms with Gasteiger partial charge in [0.2, 0.25) is 0 Å². The van der Waals surface area contributed by atoms with Gasteiger partial charge in [-0.15, -0.1) is 0 Å². The van der Waals surface area contributed by atoms with Crippen molar-refractivity contribution in [3.63, 3.8) is 0 Å². The molecule has 3 aromatic carbocycles. The molecule has 0 saturated carbocycles. The van der Waals surface area contributed by atoms with Crippen LogP contribution in [0.15, 0.2) is 65.6 Å². The van der Waals surface area contributed by atoms with Gasteiger partial charge in [0.1, 0.15) is 5.78 Å². The summed E-state index contributed by atoms with van der Waals surface area (Å²) >= 11 is 12.8. The van der Waals surface area contributed by atoms with Crippen LogP contribution in [0.2, 0.25) is 10.0 Å². The third kappa shape index (κ3) is 18.4. The smallest absolute Gasteiger partial charge is 0.319 e. The Morgan fingerprint density at radius 3 is 1.97 bits per heavy atom. The molecule has 4 rings (SSSR count). The summed E-state index contributed by atoms with van der Waals surface area (Å²) < 4.78 is 58.9. The van der Waals surface area contributed by atoms with Gasteiger partial charge in [-0.25, -0.2) is 13.2 Å². The first kappa shape index (κ1) is 49.5. The van der Waals surface area contributed by atoms with Crippen molar-refractivity contribution >= 4 is 50.5 Å². The lowest BCUT2D eigenvalue weighted by Crippen LogP contribution is -2.31. The van der Waals surface area contributed by atoms with Crippen LogP contribution in [0, 0.1) is 0 Å². The van der Waals surface area contributed by atoms with Crippen LogP contribution in [0.4, 0.5) is 10.5 Å². The summed E-state index contributed by atoms with van der Waals surface area (Å²) in [4.78, 5) is 27.1. The van der Waals surface area contributed by atoms with E-state index in [1.165, 1.54) is 0 Å². The largest absolute Gasteiger partial charge is 0.379 e. The molecule has 1 heterocycles. The number of nitrogens with zero attached hydrogens (tertiary/aromatic N) is 1. The van der Waals surface area contributed by atoms with Gasteiger partial charge in [-0.2, -0.15) is 0 Å². The molecule has 2 N–H and O–H groups in total. The molecule has 2 amide bonds. The quantitative estimate of drug-likeness (QED) is 0.0669. The lowest BCUT2D eigenvalue weighted by Gasteiger charge is -2.33. The van der Waals surface area contributed by atoms with Gasteiger partial charge in [-0.1, -0.05) is 54.4 Å². The minimum absolute atomic E-state index is 0.0146. The number of fused-ring (bicyclic) bond motifs is 1. The number of anilines is 1. The van der Waals surface area contributed by atoms with Crippen molar-refractivity contribution in [2.24, 2.45) is 0 Å². The highest BCUT2D eigenvalue weighted by atomic mass is 35.5. The fourth-order valence-electron chi connectivity index (χ4n) is 6.54. The van der Waals surface area contributed by atoms with E-state index in [2.05, 4.69) is 22.5 Å². The molecule has 60 heavy (non-hydrogen) atoms. The van der Waals surface area contributed by atoms with Crippen molar-refractivity contribution in [3.8, 4) is 0 Å². The first-order valence-electron chi connectivity index (χ1n) is 20.7. The van der Waals surface area contributed by atoms with E-state index in [0.29, 0.717) is 121 Å². The van der Waals surface area contributed by atoms with Crippen LogP contribution < -0.4 is 10.6 Å². The van der Waals surface area contributed by atoms with Crippen LogP contribution >= 0.6 is 23.2 Å². The van der Waals surface area contributed by atoms with Gasteiger partial charge < -0.3 is 44.0 Å². The van der Waals surface area contributed by atoms with Gasteiger partial charge in [-0.05, 0) is 85.0 Å². The fourth-order valence-corrected chi connectivity index (χ4v) is 8.39. The molecule has 0 saturated heterocycles. The second kappa shape index (κ2) is 27.7. The summed E-state index contributed by atoms with van der Waals surface area (Å²) in [5.74, 6) is 0.132. The minimum atomic E-state index is -3.46. The molecule has 1 aliphatic heterocycles. The molecule has 1 aliphatic rings. The number of carbonyl (C=O) groups is 2. The van der Waals surface area contributed by atoms with Crippen LogP contribution in [0.25, 0.3) is 0 Å². The van der Waals surface area contributed by atoms with Crippen molar-refractivity contribution in [3.05, 3.63) is 93.0 Å². The van der Waals surface area contributed by atoms with E-state index in [1.807, 2.05) is 37.4 Å². The van der Waals surface area contributed by atoms with Gasteiger partial charge in [-0.3, -0.25) is 4.79 Å². The first-order valence-corrected chi connectivity index (χ1v) is 23.1. The molecular weight excluding hydrogens is 833 g/mol. The van der Waals surface area contributed by atoms with Crippen molar-refractivity contribution in [1.82, 2.24) is 10.2 Å². The lowest BCUT2D eigenvalue weighted by molar-refractivity contribution is -0.118. The molecule has 13 nitrogen and oxygen atoms in total. The highest BCUT2D eigenvalue weighted by Gasteiger charge is 2.27. The third-order valence-corrected chi connectivity index (χ3v) is 11.9. The van der Waals surface area contributed by atoms with Crippen molar-refractivity contribution in [2.75, 3.05) is 110 Å². The number of ketones is 1. The Bertz CT molecular complexity index is 1830. The van der Waals surface area contributed by atoms with E-state index >= 15 is 0 Å². The monoisotopic (exact) mass is 893 g/mol. The zero-order chi connectivity index (χ0) is 43.0. The second-order valence-corrected chi connectivity index (χ2v) is 17.5. The number of hydrogen-bond acceptors (Lipinski definition) is 11. The number of rotatable bonds is 30. The number of Topliss-reactive ketones (excluding diaryl/α,β-unsaturated/α-hetero) is 1. The maximum Gasteiger partial charge on any atom is 0.319 e. The highest BCUT2D eigenvalue weighted by molar-refractivity contribution is 7.91. The summed E-state index contributed by atoms with van der Waals surface area (Å²) in [6.07, 6.45) is 2.68. The summed E-state index contributed by atoms with van der Waals surface area (Å²) in [5, 5.41) is 6.75. The summed E-state index contributed by atoms with van der Waals surface area (Å²) in [6, 6.07) is 17.7. The molecule has 3 aromatic rings. The molecule has 0 fully saturated rings. The van der Waals surface area contributed by atoms with Crippen LogP contribution in [-0.4, -0.2) is 130 Å². The van der Waals surface area contributed by atoms with E-state index in [0.717, 1.165) is 48.4 Å². The number of halogens is 2. The lowest BCUT2D eigenvalue weighted by atomic mass is 9.85. The fraction of sp³-hybridized carbons (Fsp3) is 0.545. The minimum Gasteiger partial charge on any atom is -0.379 e. The first-order chi connectivity index (χ1) is 29.1. The Morgan fingerprint density at radius 1 is 0.750 bits per heavy atom. The van der Waals surface area contributed by atoms with Crippen molar-refractivity contribution in [1.29, 1.82) is 0 Å². The van der Waals surface area contributed by atoms with E-state index < -0.39 is 9.84 Å². The van der Waals surface area contributed by atoms with Gasteiger partial charge >= 0.3 is 6.03 Å². The van der Waals surface area contributed by atoms with Crippen molar-refractivity contribution in [2.45, 2.75) is 56.4 Å². The molecule has 0 radical (unpaired) electrons. The van der Waals surface area contributed by atoms with Crippen LogP contribution in [0.5, 0.6) is 0 Å². The van der Waals surface area contributed by atoms with E-state index in [1.54, 1.807) is 30.3 Å². The number of amides is 2. The molecule has 16 heteroatoms. The average Bonchev–Trinajstić information content (AvgIpc) is 3.22. The summed E-state index contributed by atoms with van der Waals surface area (Å²) in [7, 11) is -1.42. The highest BCUT2D eigenvalue weighted by Crippen LogP contribution is 2.38. The van der Waals surface area contributed by atoms with Crippen LogP contribution in [-0.2, 0) is 56.0 Å². The molecule has 0 aromatic heterocycles. The number of urea groups is 1. The van der Waals surface area contributed by atoms with E-state index in [9.17, 15) is 18.0 Å². The molecule has 0 spiro atoms. The molecular formula is C44H61Cl2N3O10S. The zero-order valence-corrected chi connectivity index (χ0v) is 37.2. The predicted molar refractivity (Wildman–Crippen MR) is 234 cm³/mol.